The van der Waals surface area contributed by atoms with Gasteiger partial charge in [-0.2, -0.15) is 0 Å². The van der Waals surface area contributed by atoms with E-state index in [-0.39, 0.29) is 23.4 Å². The Kier molecular flexibility index (Phi) is 4.35. The molecule has 30 heavy (non-hydrogen) atoms. The lowest BCUT2D eigenvalue weighted by molar-refractivity contribution is -0.116. The maximum atomic E-state index is 13.4. The number of ketones is 1. The number of hydrogen-bond acceptors (Lipinski definition) is 6. The van der Waals surface area contributed by atoms with Gasteiger partial charge >= 0.3 is 0 Å². The van der Waals surface area contributed by atoms with Gasteiger partial charge in [0.2, 0.25) is 5.88 Å². The van der Waals surface area contributed by atoms with E-state index in [0.29, 0.717) is 18.7 Å². The lowest BCUT2D eigenvalue weighted by atomic mass is 9.72. The molecule has 6 heteroatoms. The topological polar surface area (TPSA) is 84.6 Å². The van der Waals surface area contributed by atoms with Crippen molar-refractivity contribution in [3.63, 3.8) is 0 Å². The number of benzene rings is 2. The van der Waals surface area contributed by atoms with Crippen molar-refractivity contribution in [2.45, 2.75) is 31.6 Å². The molecule has 152 valence electrons. The van der Waals surface area contributed by atoms with Gasteiger partial charge in [-0.3, -0.25) is 4.79 Å². The molecule has 1 aliphatic carbocycles. The molecule has 2 aromatic carbocycles. The van der Waals surface area contributed by atoms with E-state index in [1.54, 1.807) is 19.2 Å². The number of phenols is 1. The molecule has 0 unspecified atom stereocenters. The smallest absolute Gasteiger partial charge is 0.233 e. The van der Waals surface area contributed by atoms with Crippen molar-refractivity contribution in [2.75, 3.05) is 12.4 Å². The molecule has 0 saturated carbocycles. The predicted octanol–water partition coefficient (Wildman–Crippen LogP) is 4.66. The van der Waals surface area contributed by atoms with Gasteiger partial charge in [-0.1, -0.05) is 29.4 Å². The van der Waals surface area contributed by atoms with Crippen LogP contribution < -0.4 is 10.1 Å². The first-order chi connectivity index (χ1) is 14.5. The molecule has 6 nitrogen and oxygen atoms in total. The number of anilines is 1. The number of nitrogens with zero attached hydrogens (tertiary/aromatic N) is 1. The van der Waals surface area contributed by atoms with Crippen molar-refractivity contribution < 1.29 is 19.2 Å². The average molecular weight is 402 g/mol. The van der Waals surface area contributed by atoms with Crippen LogP contribution in [0.25, 0.3) is 0 Å². The number of aromatic nitrogens is 1. The number of hydrogen-bond donors (Lipinski definition) is 2. The highest BCUT2D eigenvalue weighted by Crippen LogP contribution is 2.49. The SMILES string of the molecule is COc1ccc([C@@H]2CC(=O)C3=C(C2)Nc2onc(C)c2[C@@H]3c2ccc(O)cc2)cc1. The van der Waals surface area contributed by atoms with Gasteiger partial charge in [0.25, 0.3) is 0 Å². The molecule has 0 spiro atoms. The zero-order valence-electron chi connectivity index (χ0n) is 16.8. The molecular weight excluding hydrogens is 380 g/mol. The Morgan fingerprint density at radius 3 is 2.47 bits per heavy atom. The first-order valence-electron chi connectivity index (χ1n) is 9.97. The number of rotatable bonds is 3. The number of allylic oxidation sites excluding steroid dienone is 2. The number of aromatic hydroxyl groups is 1. The molecule has 1 aliphatic heterocycles. The minimum atomic E-state index is -0.257. The summed E-state index contributed by atoms with van der Waals surface area (Å²) < 4.78 is 10.8. The molecule has 2 heterocycles. The highest BCUT2D eigenvalue weighted by Gasteiger charge is 2.41. The van der Waals surface area contributed by atoms with E-state index >= 15 is 0 Å². The van der Waals surface area contributed by atoms with Gasteiger partial charge in [0.15, 0.2) is 5.78 Å². The minimum Gasteiger partial charge on any atom is -0.508 e. The summed E-state index contributed by atoms with van der Waals surface area (Å²) in [7, 11) is 1.64. The number of aryl methyl sites for hydroxylation is 1. The zero-order chi connectivity index (χ0) is 20.8. The standard InChI is InChI=1S/C24H22N2O4/c1-13-21-22(15-3-7-17(27)8-4-15)23-19(25-24(21)30-26-13)11-16(12-20(23)28)14-5-9-18(29-2)10-6-14/h3-10,16,22,25,27H,11-12H2,1-2H3/t16-,22-/m0/s1. The molecule has 0 amide bonds. The monoisotopic (exact) mass is 402 g/mol. The second kappa shape index (κ2) is 7.06. The second-order valence-electron chi connectivity index (χ2n) is 7.85. The number of ether oxygens (including phenoxy) is 1. The normalized spacial score (nSPS) is 20.4. The lowest BCUT2D eigenvalue weighted by Crippen LogP contribution is -2.29. The average Bonchev–Trinajstić information content (AvgIpc) is 3.13. The van der Waals surface area contributed by atoms with E-state index in [1.807, 2.05) is 43.3 Å². The Morgan fingerprint density at radius 1 is 1.07 bits per heavy atom. The Bertz CT molecular complexity index is 1140. The third-order valence-electron chi connectivity index (χ3n) is 6.07. The van der Waals surface area contributed by atoms with Crippen LogP contribution in [0, 0.1) is 6.92 Å². The zero-order valence-corrected chi connectivity index (χ0v) is 16.8. The number of Topliss-reactive ketones (excluding diaryl/α,β-unsaturated/α-hetero) is 1. The van der Waals surface area contributed by atoms with Crippen LogP contribution in [0.4, 0.5) is 5.88 Å². The Balaban J connectivity index is 1.58. The maximum absolute atomic E-state index is 13.4. The largest absolute Gasteiger partial charge is 0.508 e. The number of phenolic OH excluding ortho intramolecular Hbond substituents is 1. The molecule has 0 fully saturated rings. The Labute approximate surface area is 174 Å². The summed E-state index contributed by atoms with van der Waals surface area (Å²) in [4.78, 5) is 13.4. The molecule has 2 atom stereocenters. The predicted molar refractivity (Wildman–Crippen MR) is 112 cm³/mol. The summed E-state index contributed by atoms with van der Waals surface area (Å²) >= 11 is 0. The van der Waals surface area contributed by atoms with Crippen molar-refractivity contribution in [1.29, 1.82) is 0 Å². The highest BCUT2D eigenvalue weighted by molar-refractivity contribution is 6.01. The highest BCUT2D eigenvalue weighted by atomic mass is 16.5. The summed E-state index contributed by atoms with van der Waals surface area (Å²) in [5.41, 5.74) is 5.34. The van der Waals surface area contributed by atoms with Crippen LogP contribution in [0.1, 0.15) is 47.1 Å². The van der Waals surface area contributed by atoms with Crippen LogP contribution in [-0.2, 0) is 4.79 Å². The summed E-state index contributed by atoms with van der Waals surface area (Å²) in [6.07, 6.45) is 1.16. The van der Waals surface area contributed by atoms with E-state index in [2.05, 4.69) is 10.5 Å². The van der Waals surface area contributed by atoms with E-state index in [9.17, 15) is 9.90 Å². The van der Waals surface area contributed by atoms with Crippen LogP contribution in [0.5, 0.6) is 11.5 Å². The van der Waals surface area contributed by atoms with E-state index in [0.717, 1.165) is 39.4 Å². The molecular formula is C24H22N2O4. The molecule has 0 saturated heterocycles. The quantitative estimate of drug-likeness (QED) is 0.663. The second-order valence-corrected chi connectivity index (χ2v) is 7.85. The maximum Gasteiger partial charge on any atom is 0.233 e. The van der Waals surface area contributed by atoms with Crippen LogP contribution in [0.3, 0.4) is 0 Å². The Hall–Kier alpha value is -3.54. The molecule has 2 aliphatic rings. The lowest BCUT2D eigenvalue weighted by Gasteiger charge is -2.34. The fraction of sp³-hybridized carbons (Fsp3) is 0.250. The fourth-order valence-corrected chi connectivity index (χ4v) is 4.58. The molecule has 0 bridgehead atoms. The van der Waals surface area contributed by atoms with Gasteiger partial charge in [0, 0.05) is 23.6 Å². The summed E-state index contributed by atoms with van der Waals surface area (Å²) in [6, 6.07) is 14.9. The fourth-order valence-electron chi connectivity index (χ4n) is 4.58. The molecule has 0 radical (unpaired) electrons. The van der Waals surface area contributed by atoms with Crippen molar-refractivity contribution >= 4 is 11.7 Å². The summed E-state index contributed by atoms with van der Waals surface area (Å²) in [5.74, 6) is 1.53. The van der Waals surface area contributed by atoms with Crippen LogP contribution in [-0.4, -0.2) is 23.2 Å². The van der Waals surface area contributed by atoms with Crippen molar-refractivity contribution in [1.82, 2.24) is 5.16 Å². The van der Waals surface area contributed by atoms with Gasteiger partial charge in [-0.25, -0.2) is 0 Å². The number of fused-ring (bicyclic) bond motifs is 1. The number of carbonyl (C=O) groups excluding carboxylic acids is 1. The van der Waals surface area contributed by atoms with Gasteiger partial charge in [0.05, 0.1) is 18.4 Å². The van der Waals surface area contributed by atoms with Crippen LogP contribution in [0.15, 0.2) is 64.3 Å². The molecule has 5 rings (SSSR count). The first-order valence-corrected chi connectivity index (χ1v) is 9.97. The summed E-state index contributed by atoms with van der Waals surface area (Å²) in [5, 5.41) is 17.2. The van der Waals surface area contributed by atoms with Gasteiger partial charge in [-0.15, -0.1) is 0 Å². The molecule has 2 N–H and O–H groups in total. The number of methoxy groups -OCH3 is 1. The van der Waals surface area contributed by atoms with Crippen LogP contribution >= 0.6 is 0 Å². The number of nitrogens with one attached hydrogen (secondary N) is 1. The Morgan fingerprint density at radius 2 is 1.77 bits per heavy atom. The van der Waals surface area contributed by atoms with Crippen molar-refractivity contribution in [3.05, 3.63) is 82.2 Å². The minimum absolute atomic E-state index is 0.0840. The van der Waals surface area contributed by atoms with E-state index < -0.39 is 0 Å². The van der Waals surface area contributed by atoms with Gasteiger partial charge in [-0.05, 0) is 54.7 Å². The third kappa shape index (κ3) is 2.96. The van der Waals surface area contributed by atoms with Crippen molar-refractivity contribution in [3.8, 4) is 11.5 Å². The van der Waals surface area contributed by atoms with Gasteiger partial charge in [0.1, 0.15) is 11.5 Å². The van der Waals surface area contributed by atoms with Crippen molar-refractivity contribution in [2.24, 2.45) is 0 Å². The number of carbonyl (C=O) groups is 1. The van der Waals surface area contributed by atoms with E-state index in [1.165, 1.54) is 0 Å². The molecule has 1 aromatic heterocycles. The van der Waals surface area contributed by atoms with Gasteiger partial charge < -0.3 is 19.7 Å². The first kappa shape index (κ1) is 18.5. The molecule has 3 aromatic rings. The summed E-state index contributed by atoms with van der Waals surface area (Å²) in [6.45, 7) is 1.89. The third-order valence-corrected chi connectivity index (χ3v) is 6.07. The van der Waals surface area contributed by atoms with Crippen LogP contribution in [0.2, 0.25) is 0 Å². The van der Waals surface area contributed by atoms with E-state index in [4.69, 9.17) is 9.26 Å².